The quantitative estimate of drug-likeness (QED) is 0.789. The number of aromatic nitrogens is 1. The number of carboxylic acid groups (broad SMARTS) is 1. The number of likely N-dealkylation sites (N-methyl/N-ethyl adjacent to an activating group) is 1. The number of nitrogens with zero attached hydrogens (tertiary/aromatic N) is 2. The van der Waals surface area contributed by atoms with Crippen molar-refractivity contribution in [2.45, 2.75) is 13.5 Å². The van der Waals surface area contributed by atoms with Gasteiger partial charge in [-0.15, -0.1) is 0 Å². The third-order valence-corrected chi connectivity index (χ3v) is 2.34. The SMILES string of the molecule is C=C(C)CN(C)C(=O)NCc1cc(C(=O)O)ccn1. The van der Waals surface area contributed by atoms with Crippen LogP contribution in [-0.2, 0) is 6.54 Å². The smallest absolute Gasteiger partial charge is 0.335 e. The first kappa shape index (κ1) is 14.7. The Morgan fingerprint density at radius 1 is 1.53 bits per heavy atom. The van der Waals surface area contributed by atoms with Crippen molar-refractivity contribution in [3.05, 3.63) is 41.7 Å². The summed E-state index contributed by atoms with van der Waals surface area (Å²) in [5.74, 6) is -1.02. The molecule has 1 rings (SSSR count). The van der Waals surface area contributed by atoms with Crippen molar-refractivity contribution in [1.82, 2.24) is 15.2 Å². The molecule has 0 aliphatic carbocycles. The van der Waals surface area contributed by atoms with E-state index in [9.17, 15) is 9.59 Å². The average molecular weight is 263 g/mol. The number of amides is 2. The third kappa shape index (κ3) is 4.79. The molecular weight excluding hydrogens is 246 g/mol. The number of hydrogen-bond donors (Lipinski definition) is 2. The van der Waals surface area contributed by atoms with Crippen molar-refractivity contribution in [2.24, 2.45) is 0 Å². The van der Waals surface area contributed by atoms with Gasteiger partial charge in [-0.05, 0) is 19.1 Å². The van der Waals surface area contributed by atoms with Gasteiger partial charge < -0.3 is 15.3 Å². The molecule has 102 valence electrons. The van der Waals surface area contributed by atoms with Crippen molar-refractivity contribution < 1.29 is 14.7 Å². The van der Waals surface area contributed by atoms with Gasteiger partial charge in [0.2, 0.25) is 0 Å². The predicted octanol–water partition coefficient (Wildman–Crippen LogP) is 1.50. The molecule has 0 spiro atoms. The van der Waals surface area contributed by atoms with Crippen LogP contribution in [0, 0.1) is 0 Å². The fourth-order valence-electron chi connectivity index (χ4n) is 1.49. The second-order valence-electron chi connectivity index (χ2n) is 4.31. The van der Waals surface area contributed by atoms with Gasteiger partial charge in [-0.2, -0.15) is 0 Å². The lowest BCUT2D eigenvalue weighted by atomic mass is 10.2. The van der Waals surface area contributed by atoms with Gasteiger partial charge in [0.15, 0.2) is 0 Å². The standard InChI is InChI=1S/C13H17N3O3/c1-9(2)8-16(3)13(19)15-7-11-6-10(12(17)18)4-5-14-11/h4-6H,1,7-8H2,2-3H3,(H,15,19)(H,17,18). The van der Waals surface area contributed by atoms with Gasteiger partial charge in [0.1, 0.15) is 0 Å². The van der Waals surface area contributed by atoms with E-state index in [0.29, 0.717) is 12.2 Å². The predicted molar refractivity (Wildman–Crippen MR) is 70.9 cm³/mol. The normalized spacial score (nSPS) is 9.79. The van der Waals surface area contributed by atoms with Crippen LogP contribution in [0.1, 0.15) is 23.0 Å². The molecule has 1 aromatic heterocycles. The molecule has 2 amide bonds. The van der Waals surface area contributed by atoms with E-state index in [2.05, 4.69) is 16.9 Å². The summed E-state index contributed by atoms with van der Waals surface area (Å²) in [4.78, 5) is 28.0. The number of nitrogens with one attached hydrogen (secondary N) is 1. The summed E-state index contributed by atoms with van der Waals surface area (Å²) in [7, 11) is 1.66. The highest BCUT2D eigenvalue weighted by Crippen LogP contribution is 2.02. The van der Waals surface area contributed by atoms with Crippen LogP contribution in [0.2, 0.25) is 0 Å². The maximum Gasteiger partial charge on any atom is 0.335 e. The molecule has 0 saturated heterocycles. The molecule has 0 bridgehead atoms. The van der Waals surface area contributed by atoms with E-state index < -0.39 is 5.97 Å². The van der Waals surface area contributed by atoms with Crippen LogP contribution in [-0.4, -0.2) is 40.6 Å². The Labute approximate surface area is 111 Å². The Morgan fingerprint density at radius 3 is 2.79 bits per heavy atom. The molecule has 0 aliphatic rings. The van der Waals surface area contributed by atoms with Crippen LogP contribution in [0.4, 0.5) is 4.79 Å². The lowest BCUT2D eigenvalue weighted by Gasteiger charge is -2.17. The molecule has 1 heterocycles. The molecule has 0 aliphatic heterocycles. The molecule has 0 aromatic carbocycles. The first-order chi connectivity index (χ1) is 8.90. The van der Waals surface area contributed by atoms with Gasteiger partial charge >= 0.3 is 12.0 Å². The number of pyridine rings is 1. The average Bonchev–Trinajstić information content (AvgIpc) is 2.35. The first-order valence-corrected chi connectivity index (χ1v) is 5.71. The zero-order valence-electron chi connectivity index (χ0n) is 11.0. The fraction of sp³-hybridized carbons (Fsp3) is 0.308. The topological polar surface area (TPSA) is 82.5 Å². The second-order valence-corrected chi connectivity index (χ2v) is 4.31. The summed E-state index contributed by atoms with van der Waals surface area (Å²) in [5.41, 5.74) is 1.52. The molecule has 0 atom stereocenters. The number of carbonyl (C=O) groups excluding carboxylic acids is 1. The van der Waals surface area contributed by atoms with Crippen LogP contribution < -0.4 is 5.32 Å². The van der Waals surface area contributed by atoms with Crippen LogP contribution in [0.3, 0.4) is 0 Å². The summed E-state index contributed by atoms with van der Waals surface area (Å²) in [5, 5.41) is 11.5. The minimum Gasteiger partial charge on any atom is -0.478 e. The van der Waals surface area contributed by atoms with E-state index in [1.54, 1.807) is 7.05 Å². The number of urea groups is 1. The number of carbonyl (C=O) groups is 2. The summed E-state index contributed by atoms with van der Waals surface area (Å²) in [6.07, 6.45) is 1.41. The van der Waals surface area contributed by atoms with Gasteiger partial charge in [-0.1, -0.05) is 12.2 Å². The van der Waals surface area contributed by atoms with Crippen molar-refractivity contribution >= 4 is 12.0 Å². The van der Waals surface area contributed by atoms with Gasteiger partial charge in [0.25, 0.3) is 0 Å². The molecule has 2 N–H and O–H groups in total. The minimum atomic E-state index is -1.02. The van der Waals surface area contributed by atoms with Crippen LogP contribution in [0.25, 0.3) is 0 Å². The minimum absolute atomic E-state index is 0.148. The van der Waals surface area contributed by atoms with E-state index in [4.69, 9.17) is 5.11 Å². The number of aromatic carboxylic acids is 1. The lowest BCUT2D eigenvalue weighted by molar-refractivity contribution is 0.0696. The third-order valence-electron chi connectivity index (χ3n) is 2.34. The highest BCUT2D eigenvalue weighted by atomic mass is 16.4. The zero-order chi connectivity index (χ0) is 14.4. The van der Waals surface area contributed by atoms with Crippen LogP contribution in [0.15, 0.2) is 30.5 Å². The van der Waals surface area contributed by atoms with Crippen molar-refractivity contribution in [3.63, 3.8) is 0 Å². The zero-order valence-corrected chi connectivity index (χ0v) is 11.0. The van der Waals surface area contributed by atoms with Gasteiger partial charge in [-0.25, -0.2) is 9.59 Å². The summed E-state index contributed by atoms with van der Waals surface area (Å²) < 4.78 is 0. The van der Waals surface area contributed by atoms with E-state index in [0.717, 1.165) is 5.57 Å². The van der Waals surface area contributed by atoms with E-state index in [1.807, 2.05) is 6.92 Å². The summed E-state index contributed by atoms with van der Waals surface area (Å²) in [6, 6.07) is 2.58. The number of carboxylic acids is 1. The van der Waals surface area contributed by atoms with E-state index in [-0.39, 0.29) is 18.1 Å². The molecule has 0 saturated carbocycles. The van der Waals surface area contributed by atoms with Crippen molar-refractivity contribution in [3.8, 4) is 0 Å². The van der Waals surface area contributed by atoms with Crippen LogP contribution in [0.5, 0.6) is 0 Å². The number of rotatable bonds is 5. The van der Waals surface area contributed by atoms with Gasteiger partial charge in [0.05, 0.1) is 17.8 Å². The lowest BCUT2D eigenvalue weighted by Crippen LogP contribution is -2.37. The van der Waals surface area contributed by atoms with E-state index >= 15 is 0 Å². The summed E-state index contributed by atoms with van der Waals surface area (Å²) >= 11 is 0. The highest BCUT2D eigenvalue weighted by Gasteiger charge is 2.09. The fourth-order valence-corrected chi connectivity index (χ4v) is 1.49. The Balaban J connectivity index is 2.57. The van der Waals surface area contributed by atoms with Crippen molar-refractivity contribution in [2.75, 3.05) is 13.6 Å². The maximum atomic E-state index is 11.7. The molecular formula is C13H17N3O3. The largest absolute Gasteiger partial charge is 0.478 e. The monoisotopic (exact) mass is 263 g/mol. The molecule has 6 heteroatoms. The highest BCUT2D eigenvalue weighted by molar-refractivity contribution is 5.87. The second kappa shape index (κ2) is 6.53. The molecule has 0 radical (unpaired) electrons. The van der Waals surface area contributed by atoms with Crippen LogP contribution >= 0.6 is 0 Å². The Kier molecular flexibility index (Phi) is 5.05. The van der Waals surface area contributed by atoms with Gasteiger partial charge in [0, 0.05) is 19.8 Å². The first-order valence-electron chi connectivity index (χ1n) is 5.71. The van der Waals surface area contributed by atoms with Gasteiger partial charge in [-0.3, -0.25) is 4.98 Å². The number of hydrogen-bond acceptors (Lipinski definition) is 3. The molecule has 19 heavy (non-hydrogen) atoms. The Morgan fingerprint density at radius 2 is 2.21 bits per heavy atom. The Bertz CT molecular complexity index is 500. The Hall–Kier alpha value is -2.37. The maximum absolute atomic E-state index is 11.7. The van der Waals surface area contributed by atoms with E-state index in [1.165, 1.54) is 23.2 Å². The molecule has 1 aromatic rings. The molecule has 0 unspecified atom stereocenters. The summed E-state index contributed by atoms with van der Waals surface area (Å²) in [6.45, 7) is 6.21. The molecule has 0 fully saturated rings. The van der Waals surface area contributed by atoms with Crippen molar-refractivity contribution in [1.29, 1.82) is 0 Å². The molecule has 6 nitrogen and oxygen atoms in total.